The number of hydrogen-bond acceptors (Lipinski definition) is 5. The van der Waals surface area contributed by atoms with Crippen LogP contribution in [0.1, 0.15) is 11.3 Å². The summed E-state index contributed by atoms with van der Waals surface area (Å²) in [5.41, 5.74) is 2.38. The van der Waals surface area contributed by atoms with Crippen molar-refractivity contribution >= 4 is 5.69 Å². The van der Waals surface area contributed by atoms with Crippen LogP contribution in [0.2, 0.25) is 0 Å². The molecule has 22 heavy (non-hydrogen) atoms. The lowest BCUT2D eigenvalue weighted by molar-refractivity contribution is 0.105. The maximum atomic E-state index is 14.0. The molecule has 0 saturated heterocycles. The molecular formula is C15H20FN3O3. The highest BCUT2D eigenvalue weighted by molar-refractivity contribution is 5.47. The van der Waals surface area contributed by atoms with E-state index in [1.165, 1.54) is 12.1 Å². The number of halogens is 1. The molecule has 0 amide bonds. The Bertz CT molecular complexity index is 630. The van der Waals surface area contributed by atoms with Crippen LogP contribution in [0, 0.1) is 12.7 Å². The van der Waals surface area contributed by atoms with E-state index in [0.717, 1.165) is 11.3 Å². The summed E-state index contributed by atoms with van der Waals surface area (Å²) in [6.45, 7) is 1.96. The lowest BCUT2D eigenvalue weighted by Crippen LogP contribution is -2.22. The largest absolute Gasteiger partial charge is 0.486 e. The van der Waals surface area contributed by atoms with E-state index in [2.05, 4.69) is 10.4 Å². The van der Waals surface area contributed by atoms with E-state index in [-0.39, 0.29) is 25.5 Å². The highest BCUT2D eigenvalue weighted by atomic mass is 19.1. The number of anilines is 1. The van der Waals surface area contributed by atoms with Crippen LogP contribution in [0.5, 0.6) is 5.75 Å². The molecule has 1 aromatic carbocycles. The van der Waals surface area contributed by atoms with Gasteiger partial charge in [0, 0.05) is 36.6 Å². The monoisotopic (exact) mass is 309 g/mol. The lowest BCUT2D eigenvalue weighted by atomic mass is 10.2. The molecule has 1 unspecified atom stereocenters. The number of hydrogen-bond donors (Lipinski definition) is 3. The lowest BCUT2D eigenvalue weighted by Gasteiger charge is -2.12. The van der Waals surface area contributed by atoms with E-state index in [0.29, 0.717) is 5.69 Å². The number of aromatic nitrogens is 2. The second-order valence-electron chi connectivity index (χ2n) is 5.03. The summed E-state index contributed by atoms with van der Waals surface area (Å²) in [4.78, 5) is 0. The standard InChI is InChI=1S/C15H20FN3O3/c1-10-11(6-18-19(10)2)9-22-15-4-3-12(5-14(15)16)17-7-13(21)8-20/h3-6,13,17,20-21H,7-9H2,1-2H3. The Kier molecular flexibility index (Phi) is 5.35. The van der Waals surface area contributed by atoms with Crippen molar-refractivity contribution in [3.63, 3.8) is 0 Å². The van der Waals surface area contributed by atoms with Gasteiger partial charge in [-0.05, 0) is 19.1 Å². The molecule has 0 aliphatic heterocycles. The molecule has 120 valence electrons. The smallest absolute Gasteiger partial charge is 0.167 e. The van der Waals surface area contributed by atoms with Crippen molar-refractivity contribution in [2.45, 2.75) is 19.6 Å². The molecule has 1 atom stereocenters. The highest BCUT2D eigenvalue weighted by Gasteiger charge is 2.09. The molecule has 0 saturated carbocycles. The van der Waals surface area contributed by atoms with Gasteiger partial charge >= 0.3 is 0 Å². The third-order valence-corrected chi connectivity index (χ3v) is 3.40. The number of nitrogens with zero attached hydrogens (tertiary/aromatic N) is 2. The van der Waals surface area contributed by atoms with Crippen molar-refractivity contribution in [3.05, 3.63) is 41.5 Å². The Morgan fingerprint density at radius 3 is 2.82 bits per heavy atom. The van der Waals surface area contributed by atoms with E-state index < -0.39 is 11.9 Å². The minimum atomic E-state index is -0.882. The van der Waals surface area contributed by atoms with Gasteiger partial charge in [-0.15, -0.1) is 0 Å². The fourth-order valence-corrected chi connectivity index (χ4v) is 1.87. The molecular weight excluding hydrogens is 289 g/mol. The van der Waals surface area contributed by atoms with Gasteiger partial charge in [0.15, 0.2) is 11.6 Å². The van der Waals surface area contributed by atoms with Crippen molar-refractivity contribution < 1.29 is 19.3 Å². The third-order valence-electron chi connectivity index (χ3n) is 3.40. The molecule has 7 heteroatoms. The van der Waals surface area contributed by atoms with Crippen LogP contribution in [-0.4, -0.2) is 39.2 Å². The first-order chi connectivity index (χ1) is 10.5. The maximum Gasteiger partial charge on any atom is 0.167 e. The van der Waals surface area contributed by atoms with Crippen molar-refractivity contribution in [2.24, 2.45) is 7.05 Å². The molecule has 0 aliphatic rings. The SMILES string of the molecule is Cc1c(COc2ccc(NCC(O)CO)cc2F)cnn1C. The molecule has 2 rings (SSSR count). The molecule has 0 bridgehead atoms. The zero-order valence-corrected chi connectivity index (χ0v) is 12.6. The fourth-order valence-electron chi connectivity index (χ4n) is 1.87. The van der Waals surface area contributed by atoms with Crippen LogP contribution in [0.15, 0.2) is 24.4 Å². The molecule has 1 heterocycles. The summed E-state index contributed by atoms with van der Waals surface area (Å²) in [6.07, 6.45) is 0.812. The van der Waals surface area contributed by atoms with Crippen molar-refractivity contribution in [1.29, 1.82) is 0 Å². The fraction of sp³-hybridized carbons (Fsp3) is 0.400. The second kappa shape index (κ2) is 7.24. The zero-order valence-electron chi connectivity index (χ0n) is 12.6. The first-order valence-corrected chi connectivity index (χ1v) is 6.94. The van der Waals surface area contributed by atoms with Crippen LogP contribution in [0.25, 0.3) is 0 Å². The van der Waals surface area contributed by atoms with Crippen molar-refractivity contribution in [1.82, 2.24) is 9.78 Å². The zero-order chi connectivity index (χ0) is 16.1. The Morgan fingerprint density at radius 1 is 1.45 bits per heavy atom. The number of aryl methyl sites for hydroxylation is 1. The molecule has 0 radical (unpaired) electrons. The number of ether oxygens (including phenoxy) is 1. The van der Waals surface area contributed by atoms with Gasteiger partial charge in [0.1, 0.15) is 6.61 Å². The van der Waals surface area contributed by atoms with Gasteiger partial charge in [-0.2, -0.15) is 5.10 Å². The van der Waals surface area contributed by atoms with Gasteiger partial charge < -0.3 is 20.3 Å². The minimum absolute atomic E-state index is 0.144. The quantitative estimate of drug-likeness (QED) is 0.716. The summed E-state index contributed by atoms with van der Waals surface area (Å²) < 4.78 is 21.2. The normalized spacial score (nSPS) is 12.2. The van der Waals surface area contributed by atoms with Crippen molar-refractivity contribution in [3.8, 4) is 5.75 Å². The molecule has 3 N–H and O–H groups in total. The van der Waals surface area contributed by atoms with E-state index in [4.69, 9.17) is 9.84 Å². The molecule has 0 spiro atoms. The Labute approximate surface area is 128 Å². The summed E-state index contributed by atoms with van der Waals surface area (Å²) in [7, 11) is 1.83. The minimum Gasteiger partial charge on any atom is -0.486 e. The first-order valence-electron chi connectivity index (χ1n) is 6.94. The van der Waals surface area contributed by atoms with Gasteiger partial charge in [0.25, 0.3) is 0 Å². The topological polar surface area (TPSA) is 79.5 Å². The van der Waals surface area contributed by atoms with Crippen LogP contribution in [-0.2, 0) is 13.7 Å². The van der Waals surface area contributed by atoms with Crippen molar-refractivity contribution in [2.75, 3.05) is 18.5 Å². The molecule has 2 aromatic rings. The van der Waals surface area contributed by atoms with Gasteiger partial charge in [-0.25, -0.2) is 4.39 Å². The van der Waals surface area contributed by atoms with Crippen LogP contribution >= 0.6 is 0 Å². The summed E-state index contributed by atoms with van der Waals surface area (Å²) >= 11 is 0. The predicted octanol–water partition coefficient (Wildman–Crippen LogP) is 1.21. The van der Waals surface area contributed by atoms with Crippen LogP contribution in [0.3, 0.4) is 0 Å². The number of nitrogens with one attached hydrogen (secondary N) is 1. The molecule has 6 nitrogen and oxygen atoms in total. The third kappa shape index (κ3) is 3.96. The molecule has 0 fully saturated rings. The number of benzene rings is 1. The van der Waals surface area contributed by atoms with Gasteiger partial charge in [0.2, 0.25) is 0 Å². The first kappa shape index (κ1) is 16.3. The second-order valence-corrected chi connectivity index (χ2v) is 5.03. The van der Waals surface area contributed by atoms with Crippen LogP contribution < -0.4 is 10.1 Å². The summed E-state index contributed by atoms with van der Waals surface area (Å²) in [5.74, 6) is -0.346. The Hall–Kier alpha value is -2.12. The highest BCUT2D eigenvalue weighted by Crippen LogP contribution is 2.22. The van der Waals surface area contributed by atoms with Gasteiger partial charge in [0.05, 0.1) is 18.9 Å². The maximum absolute atomic E-state index is 14.0. The predicted molar refractivity (Wildman–Crippen MR) is 80.3 cm³/mol. The van der Waals surface area contributed by atoms with E-state index in [9.17, 15) is 9.50 Å². The van der Waals surface area contributed by atoms with Gasteiger partial charge in [-0.1, -0.05) is 0 Å². The average molecular weight is 309 g/mol. The summed E-state index contributed by atoms with van der Waals surface area (Å²) in [5, 5.41) is 24.9. The average Bonchev–Trinajstić information content (AvgIpc) is 2.83. The number of rotatable bonds is 7. The summed E-state index contributed by atoms with van der Waals surface area (Å²) in [6, 6.07) is 4.46. The number of aliphatic hydroxyl groups is 2. The van der Waals surface area contributed by atoms with E-state index in [1.54, 1.807) is 16.9 Å². The molecule has 0 aliphatic carbocycles. The van der Waals surface area contributed by atoms with E-state index >= 15 is 0 Å². The van der Waals surface area contributed by atoms with E-state index in [1.807, 2.05) is 14.0 Å². The molecule has 1 aromatic heterocycles. The number of aliphatic hydroxyl groups excluding tert-OH is 2. The van der Waals surface area contributed by atoms with Gasteiger partial charge in [-0.3, -0.25) is 4.68 Å². The van der Waals surface area contributed by atoms with Crippen LogP contribution in [0.4, 0.5) is 10.1 Å². The Morgan fingerprint density at radius 2 is 2.23 bits per heavy atom. The Balaban J connectivity index is 1.96.